The van der Waals surface area contributed by atoms with Crippen LogP contribution in [0.3, 0.4) is 0 Å². The van der Waals surface area contributed by atoms with Crippen LogP contribution < -0.4 is 10.6 Å². The lowest BCUT2D eigenvalue weighted by atomic mass is 9.78. The van der Waals surface area contributed by atoms with E-state index in [9.17, 15) is 4.79 Å². The molecular weight excluding hydrogens is 319 g/mol. The smallest absolute Gasteiger partial charge is 0.224 e. The first kappa shape index (κ1) is 17.6. The van der Waals surface area contributed by atoms with Gasteiger partial charge in [-0.1, -0.05) is 36.6 Å². The SMILES string of the molecule is Cl.O=C(NCC1(c2ccc(Cl)cc2)CCCC1)C1CCNC1. The summed E-state index contributed by atoms with van der Waals surface area (Å²) in [6.07, 6.45) is 5.74. The molecule has 0 bridgehead atoms. The van der Waals surface area contributed by atoms with Crippen LogP contribution in [0.1, 0.15) is 37.7 Å². The molecule has 1 amide bonds. The zero-order valence-corrected chi connectivity index (χ0v) is 14.3. The quantitative estimate of drug-likeness (QED) is 0.881. The number of carbonyl (C=O) groups excluding carboxylic acids is 1. The van der Waals surface area contributed by atoms with Gasteiger partial charge in [-0.15, -0.1) is 12.4 Å². The van der Waals surface area contributed by atoms with Crippen LogP contribution in [-0.4, -0.2) is 25.5 Å². The maximum atomic E-state index is 12.3. The van der Waals surface area contributed by atoms with Crippen molar-refractivity contribution in [2.24, 2.45) is 5.92 Å². The molecule has 0 spiro atoms. The van der Waals surface area contributed by atoms with Crippen LogP contribution in [0.4, 0.5) is 0 Å². The molecule has 1 unspecified atom stereocenters. The number of hydrogen-bond donors (Lipinski definition) is 2. The van der Waals surface area contributed by atoms with Crippen LogP contribution in [0.5, 0.6) is 0 Å². The Morgan fingerprint density at radius 1 is 1.27 bits per heavy atom. The summed E-state index contributed by atoms with van der Waals surface area (Å²) >= 11 is 6.00. The summed E-state index contributed by atoms with van der Waals surface area (Å²) in [5.74, 6) is 0.355. The van der Waals surface area contributed by atoms with Crippen molar-refractivity contribution >= 4 is 29.9 Å². The molecule has 0 radical (unpaired) electrons. The molecule has 1 atom stereocenters. The summed E-state index contributed by atoms with van der Waals surface area (Å²) in [7, 11) is 0. The zero-order valence-electron chi connectivity index (χ0n) is 12.7. The zero-order chi connectivity index (χ0) is 14.7. The Labute approximate surface area is 143 Å². The molecule has 3 rings (SSSR count). The van der Waals surface area contributed by atoms with Gasteiger partial charge in [0.15, 0.2) is 0 Å². The van der Waals surface area contributed by atoms with E-state index in [1.54, 1.807) is 0 Å². The van der Waals surface area contributed by atoms with Gasteiger partial charge in [-0.2, -0.15) is 0 Å². The van der Waals surface area contributed by atoms with Gasteiger partial charge in [-0.3, -0.25) is 4.79 Å². The van der Waals surface area contributed by atoms with Crippen molar-refractivity contribution in [2.75, 3.05) is 19.6 Å². The van der Waals surface area contributed by atoms with Crippen molar-refractivity contribution < 1.29 is 4.79 Å². The monoisotopic (exact) mass is 342 g/mol. The standard InChI is InChI=1S/C17H23ClN2O.ClH/c18-15-5-3-14(4-6-15)17(8-1-2-9-17)12-20-16(21)13-7-10-19-11-13;/h3-6,13,19H,1-2,7-12H2,(H,20,21);1H. The Hall–Kier alpha value is -0.770. The minimum atomic E-state index is 0. The van der Waals surface area contributed by atoms with Crippen LogP contribution >= 0.6 is 24.0 Å². The molecule has 2 N–H and O–H groups in total. The number of halogens is 2. The van der Waals surface area contributed by atoms with E-state index in [-0.39, 0.29) is 29.6 Å². The topological polar surface area (TPSA) is 41.1 Å². The van der Waals surface area contributed by atoms with E-state index in [1.807, 2.05) is 12.1 Å². The van der Waals surface area contributed by atoms with Gasteiger partial charge < -0.3 is 10.6 Å². The van der Waals surface area contributed by atoms with E-state index >= 15 is 0 Å². The van der Waals surface area contributed by atoms with Crippen LogP contribution in [0, 0.1) is 5.92 Å². The van der Waals surface area contributed by atoms with E-state index < -0.39 is 0 Å². The summed E-state index contributed by atoms with van der Waals surface area (Å²) in [6.45, 7) is 2.53. The van der Waals surface area contributed by atoms with Crippen molar-refractivity contribution in [3.05, 3.63) is 34.9 Å². The normalized spacial score (nSPS) is 23.0. The molecule has 1 aliphatic heterocycles. The third-order valence-corrected chi connectivity index (χ3v) is 5.30. The van der Waals surface area contributed by atoms with Crippen LogP contribution in [0.2, 0.25) is 5.02 Å². The number of carbonyl (C=O) groups is 1. The fourth-order valence-electron chi connectivity index (χ4n) is 3.70. The van der Waals surface area contributed by atoms with E-state index in [2.05, 4.69) is 22.8 Å². The number of rotatable bonds is 4. The Morgan fingerprint density at radius 2 is 1.95 bits per heavy atom. The lowest BCUT2D eigenvalue weighted by Crippen LogP contribution is -2.41. The fraction of sp³-hybridized carbons (Fsp3) is 0.588. The van der Waals surface area contributed by atoms with Crippen molar-refractivity contribution in [1.82, 2.24) is 10.6 Å². The number of benzene rings is 1. The number of hydrogen-bond acceptors (Lipinski definition) is 2. The average Bonchev–Trinajstić information content (AvgIpc) is 3.18. The van der Waals surface area contributed by atoms with Crippen LogP contribution in [0.15, 0.2) is 24.3 Å². The van der Waals surface area contributed by atoms with Crippen LogP contribution in [-0.2, 0) is 10.2 Å². The van der Waals surface area contributed by atoms with E-state index in [0.717, 1.165) is 43.9 Å². The van der Waals surface area contributed by atoms with Gasteiger partial charge in [-0.25, -0.2) is 0 Å². The Kier molecular flexibility index (Phi) is 6.13. The fourth-order valence-corrected chi connectivity index (χ4v) is 3.83. The highest BCUT2D eigenvalue weighted by Gasteiger charge is 2.36. The average molecular weight is 343 g/mol. The maximum Gasteiger partial charge on any atom is 0.224 e. The second-order valence-corrected chi connectivity index (χ2v) is 6.84. The predicted molar refractivity (Wildman–Crippen MR) is 92.8 cm³/mol. The summed E-state index contributed by atoms with van der Waals surface area (Å²) in [4.78, 5) is 12.3. The molecule has 1 saturated carbocycles. The molecule has 2 fully saturated rings. The summed E-state index contributed by atoms with van der Waals surface area (Å²) < 4.78 is 0. The molecule has 3 nitrogen and oxygen atoms in total. The largest absolute Gasteiger partial charge is 0.355 e. The third kappa shape index (κ3) is 3.76. The molecule has 1 saturated heterocycles. The first-order valence-corrected chi connectivity index (χ1v) is 8.32. The molecule has 5 heteroatoms. The molecule has 1 aliphatic carbocycles. The van der Waals surface area contributed by atoms with E-state index in [0.29, 0.717) is 0 Å². The molecule has 0 aromatic heterocycles. The first-order valence-electron chi connectivity index (χ1n) is 7.94. The van der Waals surface area contributed by atoms with Crippen molar-refractivity contribution in [2.45, 2.75) is 37.5 Å². The highest BCUT2D eigenvalue weighted by molar-refractivity contribution is 6.30. The Morgan fingerprint density at radius 3 is 2.55 bits per heavy atom. The molecule has 1 aromatic rings. The van der Waals surface area contributed by atoms with Crippen LogP contribution in [0.25, 0.3) is 0 Å². The Balaban J connectivity index is 0.00000176. The highest BCUT2D eigenvalue weighted by atomic mass is 35.5. The van der Waals surface area contributed by atoms with Crippen molar-refractivity contribution in [3.8, 4) is 0 Å². The van der Waals surface area contributed by atoms with E-state index in [1.165, 1.54) is 18.4 Å². The maximum absolute atomic E-state index is 12.3. The minimum Gasteiger partial charge on any atom is -0.355 e. The summed E-state index contributed by atoms with van der Waals surface area (Å²) in [6, 6.07) is 8.16. The second kappa shape index (κ2) is 7.67. The van der Waals surface area contributed by atoms with Gasteiger partial charge in [0.05, 0.1) is 5.92 Å². The van der Waals surface area contributed by atoms with Crippen molar-refractivity contribution in [3.63, 3.8) is 0 Å². The number of amides is 1. The van der Waals surface area contributed by atoms with Gasteiger partial charge in [0, 0.05) is 23.5 Å². The lowest BCUT2D eigenvalue weighted by Gasteiger charge is -2.30. The minimum absolute atomic E-state index is 0. The van der Waals surface area contributed by atoms with Gasteiger partial charge in [0.1, 0.15) is 0 Å². The second-order valence-electron chi connectivity index (χ2n) is 6.40. The van der Waals surface area contributed by atoms with Gasteiger partial charge in [-0.05, 0) is 43.5 Å². The highest BCUT2D eigenvalue weighted by Crippen LogP contribution is 2.41. The first-order chi connectivity index (χ1) is 10.2. The van der Waals surface area contributed by atoms with Crippen molar-refractivity contribution in [1.29, 1.82) is 0 Å². The molecule has 22 heavy (non-hydrogen) atoms. The van der Waals surface area contributed by atoms with Gasteiger partial charge in [0.2, 0.25) is 5.91 Å². The third-order valence-electron chi connectivity index (χ3n) is 5.05. The molecule has 1 heterocycles. The van der Waals surface area contributed by atoms with Gasteiger partial charge in [0.25, 0.3) is 0 Å². The van der Waals surface area contributed by atoms with Gasteiger partial charge >= 0.3 is 0 Å². The molecule has 122 valence electrons. The number of nitrogens with one attached hydrogen (secondary N) is 2. The predicted octanol–water partition coefficient (Wildman–Crippen LogP) is 3.30. The molecule has 1 aromatic carbocycles. The summed E-state index contributed by atoms with van der Waals surface area (Å²) in [5, 5.41) is 7.23. The molecular formula is C17H24Cl2N2O. The lowest BCUT2D eigenvalue weighted by molar-refractivity contribution is -0.124. The van der Waals surface area contributed by atoms with E-state index in [4.69, 9.17) is 11.6 Å². The summed E-state index contributed by atoms with van der Waals surface area (Å²) in [5.41, 5.74) is 1.42. The Bertz CT molecular complexity index is 492. The molecule has 2 aliphatic rings.